The third-order valence-corrected chi connectivity index (χ3v) is 5.78. The van der Waals surface area contributed by atoms with Crippen LogP contribution in [0.2, 0.25) is 0 Å². The number of nitrogens with one attached hydrogen (secondary N) is 3. The molecule has 0 bridgehead atoms. The van der Waals surface area contributed by atoms with E-state index in [2.05, 4.69) is 36.3 Å². The summed E-state index contributed by atoms with van der Waals surface area (Å²) in [5.41, 5.74) is 0.951. The topological polar surface area (TPSA) is 117 Å². The van der Waals surface area contributed by atoms with Crippen LogP contribution in [0.3, 0.4) is 0 Å². The number of halogens is 1. The molecule has 30 heavy (non-hydrogen) atoms. The number of sulfonamides is 1. The van der Waals surface area contributed by atoms with E-state index in [1.54, 1.807) is 36.5 Å². The Morgan fingerprint density at radius 3 is 2.40 bits per heavy atom. The Kier molecular flexibility index (Phi) is 6.80. The molecule has 8 nitrogen and oxygen atoms in total. The SMILES string of the molecule is O=C(CNC(=O)c1cccc(NS(=O)(=O)c2ccc(Br)cc2)c1)Nc1cccnc1. The third-order valence-electron chi connectivity index (χ3n) is 3.86. The van der Waals surface area contributed by atoms with Crippen molar-refractivity contribution in [2.45, 2.75) is 4.90 Å². The van der Waals surface area contributed by atoms with E-state index in [9.17, 15) is 18.0 Å². The lowest BCUT2D eigenvalue weighted by Crippen LogP contribution is -2.32. The van der Waals surface area contributed by atoms with Crippen LogP contribution in [-0.4, -0.2) is 31.8 Å². The lowest BCUT2D eigenvalue weighted by atomic mass is 10.2. The van der Waals surface area contributed by atoms with E-state index in [4.69, 9.17) is 0 Å². The molecular formula is C20H17BrN4O4S. The molecular weight excluding hydrogens is 472 g/mol. The first kappa shape index (κ1) is 21.5. The Balaban J connectivity index is 1.62. The van der Waals surface area contributed by atoms with Crippen LogP contribution in [0.1, 0.15) is 10.4 Å². The predicted octanol–water partition coefficient (Wildman–Crippen LogP) is 3.01. The first-order valence-corrected chi connectivity index (χ1v) is 11.0. The summed E-state index contributed by atoms with van der Waals surface area (Å²) < 4.78 is 28.2. The second-order valence-electron chi connectivity index (χ2n) is 6.11. The first-order chi connectivity index (χ1) is 14.3. The van der Waals surface area contributed by atoms with Gasteiger partial charge in [-0.25, -0.2) is 8.42 Å². The van der Waals surface area contributed by atoms with Crippen molar-refractivity contribution < 1.29 is 18.0 Å². The number of aromatic nitrogens is 1. The zero-order valence-electron chi connectivity index (χ0n) is 15.5. The highest BCUT2D eigenvalue weighted by atomic mass is 79.9. The van der Waals surface area contributed by atoms with Gasteiger partial charge >= 0.3 is 0 Å². The van der Waals surface area contributed by atoms with Crippen LogP contribution < -0.4 is 15.4 Å². The molecule has 1 heterocycles. The lowest BCUT2D eigenvalue weighted by molar-refractivity contribution is -0.115. The molecule has 154 valence electrons. The summed E-state index contributed by atoms with van der Waals surface area (Å²) in [5.74, 6) is -0.926. The minimum Gasteiger partial charge on any atom is -0.343 e. The van der Waals surface area contributed by atoms with Gasteiger partial charge in [0, 0.05) is 21.9 Å². The fourth-order valence-electron chi connectivity index (χ4n) is 2.46. The maximum Gasteiger partial charge on any atom is 0.261 e. The molecule has 2 aromatic carbocycles. The van der Waals surface area contributed by atoms with Crippen LogP contribution in [0, 0.1) is 0 Å². The van der Waals surface area contributed by atoms with Crippen molar-refractivity contribution in [1.29, 1.82) is 0 Å². The molecule has 0 spiro atoms. The number of carbonyl (C=O) groups excluding carboxylic acids is 2. The van der Waals surface area contributed by atoms with Crippen LogP contribution in [0.15, 0.2) is 82.4 Å². The minimum atomic E-state index is -3.81. The average molecular weight is 489 g/mol. The van der Waals surface area contributed by atoms with Gasteiger partial charge in [-0.2, -0.15) is 0 Å². The summed E-state index contributed by atoms with van der Waals surface area (Å²) in [6.07, 6.45) is 3.07. The molecule has 3 aromatic rings. The second-order valence-corrected chi connectivity index (χ2v) is 8.71. The largest absolute Gasteiger partial charge is 0.343 e. The quantitative estimate of drug-likeness (QED) is 0.472. The van der Waals surface area contributed by atoms with Crippen molar-refractivity contribution in [3.8, 4) is 0 Å². The van der Waals surface area contributed by atoms with E-state index in [1.807, 2.05) is 0 Å². The zero-order valence-corrected chi connectivity index (χ0v) is 17.9. The maximum atomic E-state index is 12.5. The van der Waals surface area contributed by atoms with E-state index in [0.29, 0.717) is 5.69 Å². The zero-order chi connectivity index (χ0) is 21.6. The molecule has 0 saturated carbocycles. The molecule has 0 atom stereocenters. The molecule has 0 aliphatic rings. The van der Waals surface area contributed by atoms with Gasteiger partial charge in [0.2, 0.25) is 5.91 Å². The van der Waals surface area contributed by atoms with E-state index >= 15 is 0 Å². The van der Waals surface area contributed by atoms with Gasteiger partial charge in [-0.15, -0.1) is 0 Å². The van der Waals surface area contributed by atoms with Gasteiger partial charge in [-0.3, -0.25) is 19.3 Å². The monoisotopic (exact) mass is 488 g/mol. The van der Waals surface area contributed by atoms with E-state index in [1.165, 1.54) is 36.5 Å². The molecule has 10 heteroatoms. The fourth-order valence-corrected chi connectivity index (χ4v) is 3.77. The Bertz CT molecular complexity index is 1150. The van der Waals surface area contributed by atoms with Gasteiger partial charge in [-0.1, -0.05) is 22.0 Å². The fraction of sp³-hybridized carbons (Fsp3) is 0.0500. The number of carbonyl (C=O) groups is 2. The highest BCUT2D eigenvalue weighted by molar-refractivity contribution is 9.10. The number of hydrogen-bond acceptors (Lipinski definition) is 5. The number of nitrogens with zero attached hydrogens (tertiary/aromatic N) is 1. The average Bonchev–Trinajstić information content (AvgIpc) is 2.73. The van der Waals surface area contributed by atoms with Gasteiger partial charge in [-0.05, 0) is 54.6 Å². The summed E-state index contributed by atoms with van der Waals surface area (Å²) >= 11 is 3.26. The number of pyridine rings is 1. The van der Waals surface area contributed by atoms with Gasteiger partial charge in [0.05, 0.1) is 23.3 Å². The normalized spacial score (nSPS) is 10.8. The number of rotatable bonds is 7. The van der Waals surface area contributed by atoms with E-state index in [-0.39, 0.29) is 22.7 Å². The van der Waals surface area contributed by atoms with Crippen LogP contribution in [-0.2, 0) is 14.8 Å². The summed E-state index contributed by atoms with van der Waals surface area (Å²) in [6.45, 7) is -0.247. The number of hydrogen-bond donors (Lipinski definition) is 3. The molecule has 3 N–H and O–H groups in total. The molecule has 0 aliphatic heterocycles. The number of benzene rings is 2. The van der Waals surface area contributed by atoms with Crippen molar-refractivity contribution in [2.24, 2.45) is 0 Å². The molecule has 0 radical (unpaired) electrons. The van der Waals surface area contributed by atoms with Crippen molar-refractivity contribution in [2.75, 3.05) is 16.6 Å². The highest BCUT2D eigenvalue weighted by Crippen LogP contribution is 2.19. The lowest BCUT2D eigenvalue weighted by Gasteiger charge is -2.10. The van der Waals surface area contributed by atoms with Crippen LogP contribution in [0.5, 0.6) is 0 Å². The molecule has 0 fully saturated rings. The summed E-state index contributed by atoms with van der Waals surface area (Å²) in [5, 5.41) is 5.10. The number of anilines is 2. The van der Waals surface area contributed by atoms with Gasteiger partial charge in [0.15, 0.2) is 0 Å². The molecule has 0 aliphatic carbocycles. The Morgan fingerprint density at radius 2 is 1.70 bits per heavy atom. The molecule has 3 rings (SSSR count). The van der Waals surface area contributed by atoms with Crippen molar-refractivity contribution in [3.63, 3.8) is 0 Å². The van der Waals surface area contributed by atoms with Crippen molar-refractivity contribution in [3.05, 3.63) is 83.1 Å². The Morgan fingerprint density at radius 1 is 0.967 bits per heavy atom. The summed E-state index contributed by atoms with van der Waals surface area (Å²) in [4.78, 5) is 28.3. The predicted molar refractivity (Wildman–Crippen MR) is 117 cm³/mol. The van der Waals surface area contributed by atoms with Crippen molar-refractivity contribution in [1.82, 2.24) is 10.3 Å². The van der Waals surface area contributed by atoms with Crippen LogP contribution in [0.25, 0.3) is 0 Å². The number of amides is 2. The maximum absolute atomic E-state index is 12.5. The van der Waals surface area contributed by atoms with E-state index < -0.39 is 21.8 Å². The molecule has 1 aromatic heterocycles. The highest BCUT2D eigenvalue weighted by Gasteiger charge is 2.15. The van der Waals surface area contributed by atoms with Crippen LogP contribution in [0.4, 0.5) is 11.4 Å². The van der Waals surface area contributed by atoms with Gasteiger partial charge in [0.1, 0.15) is 0 Å². The smallest absolute Gasteiger partial charge is 0.261 e. The second kappa shape index (κ2) is 9.51. The standard InChI is InChI=1S/C20H17BrN4O4S/c21-15-6-8-18(9-7-15)30(28,29)25-16-4-1-3-14(11-16)20(27)23-13-19(26)24-17-5-2-10-22-12-17/h1-12,25H,13H2,(H,23,27)(H,24,26). The molecule has 0 saturated heterocycles. The Hall–Kier alpha value is -3.24. The van der Waals surface area contributed by atoms with Crippen molar-refractivity contribution >= 4 is 49.1 Å². The molecule has 0 unspecified atom stereocenters. The van der Waals surface area contributed by atoms with Gasteiger partial charge < -0.3 is 10.6 Å². The van der Waals surface area contributed by atoms with Crippen LogP contribution >= 0.6 is 15.9 Å². The van der Waals surface area contributed by atoms with Gasteiger partial charge in [0.25, 0.3) is 15.9 Å². The first-order valence-electron chi connectivity index (χ1n) is 8.70. The third kappa shape index (κ3) is 5.88. The molecule has 2 amide bonds. The summed E-state index contributed by atoms with van der Waals surface area (Å²) in [6, 6.07) is 15.5. The Labute approximate surface area is 181 Å². The minimum absolute atomic E-state index is 0.0904. The summed E-state index contributed by atoms with van der Waals surface area (Å²) in [7, 11) is -3.81. The van der Waals surface area contributed by atoms with E-state index in [0.717, 1.165) is 4.47 Å².